The molecule has 102 valence electrons. The maximum absolute atomic E-state index is 13.1. The Hall–Kier alpha value is -1.91. The second kappa shape index (κ2) is 5.82. The summed E-state index contributed by atoms with van der Waals surface area (Å²) >= 11 is 0. The second-order valence-corrected chi connectivity index (χ2v) is 4.62. The molecule has 5 heteroatoms. The molecule has 0 N–H and O–H groups in total. The highest BCUT2D eigenvalue weighted by atomic mass is 19.1. The molecule has 0 saturated carbocycles. The Balaban J connectivity index is 2.07. The van der Waals surface area contributed by atoms with E-state index in [0.717, 1.165) is 5.56 Å². The van der Waals surface area contributed by atoms with Crippen LogP contribution in [-0.2, 0) is 20.9 Å². The Bertz CT molecular complexity index is 489. The Morgan fingerprint density at radius 1 is 1.53 bits per heavy atom. The molecule has 19 heavy (non-hydrogen) atoms. The third-order valence-electron chi connectivity index (χ3n) is 3.32. The summed E-state index contributed by atoms with van der Waals surface area (Å²) in [5.41, 5.74) is 0.727. The van der Waals surface area contributed by atoms with Gasteiger partial charge in [-0.3, -0.25) is 9.59 Å². The smallest absolute Gasteiger partial charge is 0.307 e. The molecule has 1 atom stereocenters. The summed E-state index contributed by atoms with van der Waals surface area (Å²) in [6.07, 6.45) is 1.26. The average Bonchev–Trinajstić information content (AvgIpc) is 2.71. The number of halogens is 1. The standard InChI is InChI=1S/C14H16FNO3/c1-19-14(18)8-12-5-6-13(17)16(12)9-10-3-2-4-11(15)7-10/h2-4,7,12H,5-6,8-9H2,1H3. The lowest BCUT2D eigenvalue weighted by molar-refractivity contribution is -0.142. The summed E-state index contributed by atoms with van der Waals surface area (Å²) in [5, 5.41) is 0. The molecule has 0 spiro atoms. The molecule has 2 rings (SSSR count). The quantitative estimate of drug-likeness (QED) is 0.781. The van der Waals surface area contributed by atoms with E-state index in [1.165, 1.54) is 19.2 Å². The lowest BCUT2D eigenvalue weighted by atomic mass is 10.1. The Morgan fingerprint density at radius 3 is 3.00 bits per heavy atom. The van der Waals surface area contributed by atoms with Crippen LogP contribution in [0.4, 0.5) is 4.39 Å². The van der Waals surface area contributed by atoms with Crippen LogP contribution in [0.1, 0.15) is 24.8 Å². The normalized spacial score (nSPS) is 18.7. The van der Waals surface area contributed by atoms with Gasteiger partial charge in [-0.15, -0.1) is 0 Å². The van der Waals surface area contributed by atoms with Crippen molar-refractivity contribution in [2.75, 3.05) is 7.11 Å². The van der Waals surface area contributed by atoms with Gasteiger partial charge in [-0.2, -0.15) is 0 Å². The highest BCUT2D eigenvalue weighted by molar-refractivity contribution is 5.80. The Kier molecular flexibility index (Phi) is 4.14. The van der Waals surface area contributed by atoms with Crippen LogP contribution in [0.15, 0.2) is 24.3 Å². The number of nitrogens with zero attached hydrogens (tertiary/aromatic N) is 1. The molecule has 1 unspecified atom stereocenters. The summed E-state index contributed by atoms with van der Waals surface area (Å²) in [7, 11) is 1.33. The van der Waals surface area contributed by atoms with Crippen LogP contribution in [0.2, 0.25) is 0 Å². The zero-order valence-electron chi connectivity index (χ0n) is 10.8. The average molecular weight is 265 g/mol. The molecule has 1 aromatic rings. The van der Waals surface area contributed by atoms with Crippen molar-refractivity contribution < 1.29 is 18.7 Å². The molecular formula is C14H16FNO3. The van der Waals surface area contributed by atoms with Gasteiger partial charge in [0.2, 0.25) is 5.91 Å². The maximum atomic E-state index is 13.1. The van der Waals surface area contributed by atoms with E-state index in [2.05, 4.69) is 4.74 Å². The van der Waals surface area contributed by atoms with Crippen LogP contribution in [0.25, 0.3) is 0 Å². The zero-order valence-corrected chi connectivity index (χ0v) is 10.8. The summed E-state index contributed by atoms with van der Waals surface area (Å²) in [6, 6.07) is 6.00. The fourth-order valence-corrected chi connectivity index (χ4v) is 2.33. The highest BCUT2D eigenvalue weighted by Crippen LogP contribution is 2.24. The minimum absolute atomic E-state index is 0.00170. The van der Waals surface area contributed by atoms with E-state index in [0.29, 0.717) is 19.4 Å². The largest absolute Gasteiger partial charge is 0.469 e. The van der Waals surface area contributed by atoms with Crippen LogP contribution >= 0.6 is 0 Å². The number of rotatable bonds is 4. The first-order chi connectivity index (χ1) is 9.10. The third kappa shape index (κ3) is 3.30. The molecule has 1 heterocycles. The molecule has 0 radical (unpaired) electrons. The van der Waals surface area contributed by atoms with E-state index in [1.807, 2.05) is 0 Å². The monoisotopic (exact) mass is 265 g/mol. The first-order valence-corrected chi connectivity index (χ1v) is 6.21. The minimum atomic E-state index is -0.330. The first-order valence-electron chi connectivity index (χ1n) is 6.21. The molecular weight excluding hydrogens is 249 g/mol. The van der Waals surface area contributed by atoms with E-state index in [1.54, 1.807) is 17.0 Å². The van der Waals surface area contributed by atoms with Gasteiger partial charge in [-0.25, -0.2) is 4.39 Å². The van der Waals surface area contributed by atoms with Gasteiger partial charge in [-0.1, -0.05) is 12.1 Å². The van der Waals surface area contributed by atoms with E-state index in [9.17, 15) is 14.0 Å². The number of amides is 1. The lowest BCUT2D eigenvalue weighted by Crippen LogP contribution is -2.34. The Morgan fingerprint density at radius 2 is 2.32 bits per heavy atom. The molecule has 0 bridgehead atoms. The van der Waals surface area contributed by atoms with Gasteiger partial charge in [0.1, 0.15) is 5.82 Å². The number of methoxy groups -OCH3 is 1. The zero-order chi connectivity index (χ0) is 13.8. The van der Waals surface area contributed by atoms with Crippen LogP contribution in [0.5, 0.6) is 0 Å². The van der Waals surface area contributed by atoms with Gasteiger partial charge in [0.05, 0.1) is 13.5 Å². The molecule has 1 saturated heterocycles. The predicted molar refractivity (Wildman–Crippen MR) is 66.6 cm³/mol. The van der Waals surface area contributed by atoms with E-state index < -0.39 is 0 Å². The van der Waals surface area contributed by atoms with E-state index in [4.69, 9.17) is 0 Å². The van der Waals surface area contributed by atoms with Crippen molar-refractivity contribution in [1.29, 1.82) is 0 Å². The number of esters is 1. The molecule has 1 aliphatic heterocycles. The Labute approximate surface area is 111 Å². The maximum Gasteiger partial charge on any atom is 0.307 e. The molecule has 1 aliphatic rings. The van der Waals surface area contributed by atoms with Gasteiger partial charge in [0.25, 0.3) is 0 Å². The van der Waals surface area contributed by atoms with Gasteiger partial charge in [0, 0.05) is 19.0 Å². The molecule has 1 amide bonds. The topological polar surface area (TPSA) is 46.6 Å². The summed E-state index contributed by atoms with van der Waals surface area (Å²) in [4.78, 5) is 24.8. The van der Waals surface area contributed by atoms with E-state index >= 15 is 0 Å². The van der Waals surface area contributed by atoms with Gasteiger partial charge < -0.3 is 9.64 Å². The van der Waals surface area contributed by atoms with Crippen molar-refractivity contribution in [3.8, 4) is 0 Å². The lowest BCUT2D eigenvalue weighted by Gasteiger charge is -2.24. The van der Waals surface area contributed by atoms with Crippen LogP contribution in [0.3, 0.4) is 0 Å². The number of likely N-dealkylation sites (tertiary alicyclic amines) is 1. The third-order valence-corrected chi connectivity index (χ3v) is 3.32. The van der Waals surface area contributed by atoms with Crippen molar-refractivity contribution in [1.82, 2.24) is 4.90 Å². The molecule has 0 aromatic heterocycles. The van der Waals surface area contributed by atoms with Crippen molar-refractivity contribution >= 4 is 11.9 Å². The number of ether oxygens (including phenoxy) is 1. The highest BCUT2D eigenvalue weighted by Gasteiger charge is 2.32. The van der Waals surface area contributed by atoms with Gasteiger partial charge in [0.15, 0.2) is 0 Å². The van der Waals surface area contributed by atoms with Crippen molar-refractivity contribution in [3.05, 3.63) is 35.6 Å². The van der Waals surface area contributed by atoms with Crippen molar-refractivity contribution in [2.24, 2.45) is 0 Å². The second-order valence-electron chi connectivity index (χ2n) is 4.62. The number of hydrogen-bond acceptors (Lipinski definition) is 3. The number of benzene rings is 1. The number of carbonyl (C=O) groups excluding carboxylic acids is 2. The summed E-state index contributed by atoms with van der Waals surface area (Å²) in [6.45, 7) is 0.332. The van der Waals surface area contributed by atoms with Gasteiger partial charge >= 0.3 is 5.97 Å². The first kappa shape index (κ1) is 13.5. The molecule has 1 aromatic carbocycles. The summed E-state index contributed by atoms with van der Waals surface area (Å²) < 4.78 is 17.8. The fraction of sp³-hybridized carbons (Fsp3) is 0.429. The molecule has 1 fully saturated rings. The number of carbonyl (C=O) groups is 2. The SMILES string of the molecule is COC(=O)CC1CCC(=O)N1Cc1cccc(F)c1. The molecule has 4 nitrogen and oxygen atoms in total. The van der Waals surface area contributed by atoms with E-state index in [-0.39, 0.29) is 30.2 Å². The van der Waals surface area contributed by atoms with Crippen LogP contribution < -0.4 is 0 Å². The minimum Gasteiger partial charge on any atom is -0.469 e. The van der Waals surface area contributed by atoms with Gasteiger partial charge in [-0.05, 0) is 24.1 Å². The van der Waals surface area contributed by atoms with Crippen molar-refractivity contribution in [3.63, 3.8) is 0 Å². The predicted octanol–water partition coefficient (Wildman–Crippen LogP) is 1.88. The van der Waals surface area contributed by atoms with Crippen LogP contribution in [-0.4, -0.2) is 29.9 Å². The van der Waals surface area contributed by atoms with Crippen LogP contribution in [0, 0.1) is 5.82 Å². The van der Waals surface area contributed by atoms with Crippen molar-refractivity contribution in [2.45, 2.75) is 31.8 Å². The summed E-state index contributed by atoms with van der Waals surface area (Å²) in [5.74, 6) is -0.657. The number of hydrogen-bond donors (Lipinski definition) is 0. The fourth-order valence-electron chi connectivity index (χ4n) is 2.33. The molecule has 0 aliphatic carbocycles.